The van der Waals surface area contributed by atoms with Crippen molar-refractivity contribution in [3.63, 3.8) is 0 Å². The van der Waals surface area contributed by atoms with Crippen LogP contribution in [0.1, 0.15) is 30.0 Å². The molecule has 0 fully saturated rings. The van der Waals surface area contributed by atoms with E-state index in [0.717, 1.165) is 37.1 Å². The van der Waals surface area contributed by atoms with E-state index >= 15 is 0 Å². The molecule has 0 saturated heterocycles. The third-order valence-corrected chi connectivity index (χ3v) is 2.98. The summed E-state index contributed by atoms with van der Waals surface area (Å²) in [6.07, 6.45) is 4.12. The molecule has 1 aromatic rings. The predicted molar refractivity (Wildman–Crippen MR) is 65.0 cm³/mol. The van der Waals surface area contributed by atoms with Crippen LogP contribution in [-0.4, -0.2) is 13.1 Å². The highest BCUT2D eigenvalue weighted by Gasteiger charge is 2.08. The van der Waals surface area contributed by atoms with Gasteiger partial charge in [-0.15, -0.1) is 0 Å². The molecule has 0 spiro atoms. The first-order chi connectivity index (χ1) is 7.85. The zero-order valence-corrected chi connectivity index (χ0v) is 9.53. The van der Waals surface area contributed by atoms with Gasteiger partial charge >= 0.3 is 0 Å². The average molecular weight is 211 g/mol. The molecule has 0 aliphatic carbocycles. The second kappa shape index (κ2) is 4.96. The van der Waals surface area contributed by atoms with Crippen molar-refractivity contribution in [2.75, 3.05) is 13.1 Å². The van der Waals surface area contributed by atoms with Gasteiger partial charge in [0.25, 0.3) is 0 Å². The minimum absolute atomic E-state index is 0.798. The maximum absolute atomic E-state index is 8.97. The van der Waals surface area contributed by atoms with Crippen LogP contribution in [0.4, 0.5) is 0 Å². The van der Waals surface area contributed by atoms with Gasteiger partial charge in [0, 0.05) is 13.1 Å². The fraction of sp³-hybridized carbons (Fsp3) is 0.357. The normalized spacial score (nSPS) is 15.4. The summed E-state index contributed by atoms with van der Waals surface area (Å²) in [7, 11) is 0. The standard InChI is InChI=1S/C14H15N2/c1-2-11-9-13(3-4-14(11)10-15)12-5-7-16-8-6-12/h3-5,9H,2,6-8H2,1H3. The number of benzene rings is 1. The van der Waals surface area contributed by atoms with Crippen LogP contribution >= 0.6 is 0 Å². The van der Waals surface area contributed by atoms with Gasteiger partial charge in [0.1, 0.15) is 0 Å². The number of nitriles is 1. The lowest BCUT2D eigenvalue weighted by atomic mass is 9.95. The molecule has 0 bridgehead atoms. The Morgan fingerprint density at radius 1 is 1.44 bits per heavy atom. The van der Waals surface area contributed by atoms with E-state index in [4.69, 9.17) is 5.26 Å². The van der Waals surface area contributed by atoms with Crippen molar-refractivity contribution in [3.8, 4) is 6.07 Å². The maximum atomic E-state index is 8.97. The van der Waals surface area contributed by atoms with E-state index in [1.807, 2.05) is 6.07 Å². The lowest BCUT2D eigenvalue weighted by molar-refractivity contribution is 0.723. The van der Waals surface area contributed by atoms with Gasteiger partial charge in [-0.05, 0) is 35.6 Å². The summed E-state index contributed by atoms with van der Waals surface area (Å²) in [4.78, 5) is 0. The van der Waals surface area contributed by atoms with E-state index < -0.39 is 0 Å². The van der Waals surface area contributed by atoms with Crippen LogP contribution in [0.5, 0.6) is 0 Å². The van der Waals surface area contributed by atoms with Gasteiger partial charge in [0.05, 0.1) is 11.6 Å². The van der Waals surface area contributed by atoms with Crippen LogP contribution in [-0.2, 0) is 6.42 Å². The van der Waals surface area contributed by atoms with E-state index in [1.165, 1.54) is 11.1 Å². The summed E-state index contributed by atoms with van der Waals surface area (Å²) in [5, 5.41) is 13.3. The van der Waals surface area contributed by atoms with Gasteiger partial charge in [0.15, 0.2) is 0 Å². The van der Waals surface area contributed by atoms with Gasteiger partial charge in [0.2, 0.25) is 0 Å². The molecule has 0 saturated carbocycles. The summed E-state index contributed by atoms with van der Waals surface area (Å²) in [6, 6.07) is 8.37. The van der Waals surface area contributed by atoms with E-state index in [9.17, 15) is 0 Å². The Labute approximate surface area is 96.6 Å². The number of aryl methyl sites for hydroxylation is 1. The predicted octanol–water partition coefficient (Wildman–Crippen LogP) is 2.51. The summed E-state index contributed by atoms with van der Waals surface area (Å²) in [5.74, 6) is 0. The maximum Gasteiger partial charge on any atom is 0.0994 e. The fourth-order valence-corrected chi connectivity index (χ4v) is 2.02. The van der Waals surface area contributed by atoms with Crippen LogP contribution in [0, 0.1) is 11.3 Å². The third kappa shape index (κ3) is 2.15. The molecule has 0 unspecified atom stereocenters. The van der Waals surface area contributed by atoms with Gasteiger partial charge < -0.3 is 0 Å². The first-order valence-corrected chi connectivity index (χ1v) is 5.71. The van der Waals surface area contributed by atoms with Crippen LogP contribution in [0.3, 0.4) is 0 Å². The van der Waals surface area contributed by atoms with Gasteiger partial charge in [-0.2, -0.15) is 5.26 Å². The first-order valence-electron chi connectivity index (χ1n) is 5.71. The zero-order valence-electron chi connectivity index (χ0n) is 9.53. The quantitative estimate of drug-likeness (QED) is 0.740. The van der Waals surface area contributed by atoms with Crippen molar-refractivity contribution < 1.29 is 0 Å². The second-order valence-corrected chi connectivity index (χ2v) is 3.95. The summed E-state index contributed by atoms with van der Waals surface area (Å²) >= 11 is 0. The third-order valence-electron chi connectivity index (χ3n) is 2.98. The summed E-state index contributed by atoms with van der Waals surface area (Å²) in [5.41, 5.74) is 4.57. The molecule has 81 valence electrons. The summed E-state index contributed by atoms with van der Waals surface area (Å²) in [6.45, 7) is 3.84. The molecule has 0 N–H and O–H groups in total. The highest BCUT2D eigenvalue weighted by molar-refractivity contribution is 5.68. The number of hydrogen-bond donors (Lipinski definition) is 0. The van der Waals surface area contributed by atoms with E-state index in [0.29, 0.717) is 0 Å². The molecule has 16 heavy (non-hydrogen) atoms. The molecule has 0 aromatic heterocycles. The lowest BCUT2D eigenvalue weighted by Gasteiger charge is -2.14. The molecule has 0 amide bonds. The molecule has 2 rings (SSSR count). The van der Waals surface area contributed by atoms with E-state index in [1.54, 1.807) is 0 Å². The van der Waals surface area contributed by atoms with Crippen LogP contribution in [0.25, 0.3) is 5.57 Å². The van der Waals surface area contributed by atoms with Crippen molar-refractivity contribution in [1.82, 2.24) is 5.32 Å². The zero-order chi connectivity index (χ0) is 11.4. The summed E-state index contributed by atoms with van der Waals surface area (Å²) < 4.78 is 0. The molecular formula is C14H15N2. The Bertz CT molecular complexity index is 452. The number of nitrogens with zero attached hydrogens (tertiary/aromatic N) is 2. The molecule has 2 heteroatoms. The molecule has 1 aromatic carbocycles. The molecule has 2 nitrogen and oxygen atoms in total. The molecular weight excluding hydrogens is 196 g/mol. The first kappa shape index (κ1) is 10.9. The van der Waals surface area contributed by atoms with E-state index in [2.05, 4.69) is 36.5 Å². The average Bonchev–Trinajstić information content (AvgIpc) is 2.39. The SMILES string of the molecule is CCc1cc(C2=CC[N]CC2)ccc1C#N. The van der Waals surface area contributed by atoms with E-state index in [-0.39, 0.29) is 0 Å². The number of rotatable bonds is 2. The van der Waals surface area contributed by atoms with Crippen molar-refractivity contribution in [2.45, 2.75) is 19.8 Å². The molecule has 1 radical (unpaired) electrons. The monoisotopic (exact) mass is 211 g/mol. The van der Waals surface area contributed by atoms with Gasteiger partial charge in [-0.1, -0.05) is 25.1 Å². The van der Waals surface area contributed by atoms with Crippen molar-refractivity contribution >= 4 is 5.57 Å². The smallest absolute Gasteiger partial charge is 0.0994 e. The number of hydrogen-bond acceptors (Lipinski definition) is 1. The second-order valence-electron chi connectivity index (χ2n) is 3.95. The highest BCUT2D eigenvalue weighted by atomic mass is 14.8. The Balaban J connectivity index is 2.36. The van der Waals surface area contributed by atoms with Crippen LogP contribution in [0.15, 0.2) is 24.3 Å². The molecule has 1 aliphatic heterocycles. The fourth-order valence-electron chi connectivity index (χ4n) is 2.02. The lowest BCUT2D eigenvalue weighted by Crippen LogP contribution is -2.13. The minimum atomic E-state index is 0.798. The van der Waals surface area contributed by atoms with Crippen molar-refractivity contribution in [3.05, 3.63) is 41.0 Å². The minimum Gasteiger partial charge on any atom is -0.237 e. The van der Waals surface area contributed by atoms with Crippen LogP contribution < -0.4 is 5.32 Å². The Hall–Kier alpha value is -1.59. The topological polar surface area (TPSA) is 37.9 Å². The molecule has 0 atom stereocenters. The van der Waals surface area contributed by atoms with Gasteiger partial charge in [-0.3, -0.25) is 0 Å². The largest absolute Gasteiger partial charge is 0.237 e. The Kier molecular flexibility index (Phi) is 3.38. The molecule has 1 heterocycles. The van der Waals surface area contributed by atoms with Crippen molar-refractivity contribution in [1.29, 1.82) is 5.26 Å². The Morgan fingerprint density at radius 2 is 2.31 bits per heavy atom. The van der Waals surface area contributed by atoms with Crippen LogP contribution in [0.2, 0.25) is 0 Å². The van der Waals surface area contributed by atoms with Crippen molar-refractivity contribution in [2.24, 2.45) is 0 Å². The molecule has 1 aliphatic rings. The highest BCUT2D eigenvalue weighted by Crippen LogP contribution is 2.22. The van der Waals surface area contributed by atoms with Gasteiger partial charge in [-0.25, -0.2) is 5.32 Å². The Morgan fingerprint density at radius 3 is 2.94 bits per heavy atom.